The molecule has 0 aliphatic rings. The highest BCUT2D eigenvalue weighted by atomic mass is 19.1. The zero-order valence-electron chi connectivity index (χ0n) is 13.4. The van der Waals surface area contributed by atoms with Crippen molar-refractivity contribution in [3.63, 3.8) is 0 Å². The molecular weight excluding hydrogens is 319 g/mol. The van der Waals surface area contributed by atoms with Crippen LogP contribution in [0.5, 0.6) is 0 Å². The molecule has 3 rings (SSSR count). The van der Waals surface area contributed by atoms with E-state index < -0.39 is 0 Å². The molecule has 0 saturated heterocycles. The number of nitrogens with zero attached hydrogens (tertiary/aromatic N) is 2. The van der Waals surface area contributed by atoms with Gasteiger partial charge in [-0.25, -0.2) is 9.37 Å². The van der Waals surface area contributed by atoms with Crippen molar-refractivity contribution < 1.29 is 9.18 Å². The van der Waals surface area contributed by atoms with Gasteiger partial charge in [-0.1, -0.05) is 12.1 Å². The molecule has 0 atom stereocenters. The second kappa shape index (κ2) is 8.01. The largest absolute Gasteiger partial charge is 0.383 e. The molecule has 0 unspecified atom stereocenters. The maximum absolute atomic E-state index is 12.9. The summed E-state index contributed by atoms with van der Waals surface area (Å²) in [5.41, 5.74) is 2.38. The Morgan fingerprint density at radius 1 is 1.04 bits per heavy atom. The summed E-state index contributed by atoms with van der Waals surface area (Å²) in [6.07, 6.45) is 5.55. The second-order valence-electron chi connectivity index (χ2n) is 5.43. The van der Waals surface area contributed by atoms with Gasteiger partial charge in [-0.3, -0.25) is 9.78 Å². The van der Waals surface area contributed by atoms with E-state index in [0.717, 1.165) is 17.7 Å². The normalized spacial score (nSPS) is 10.3. The minimum Gasteiger partial charge on any atom is -0.383 e. The van der Waals surface area contributed by atoms with Crippen LogP contribution < -0.4 is 10.6 Å². The molecular formula is C19H17FN4O. The van der Waals surface area contributed by atoms with E-state index in [4.69, 9.17) is 0 Å². The molecule has 0 aliphatic heterocycles. The lowest BCUT2D eigenvalue weighted by atomic mass is 10.1. The van der Waals surface area contributed by atoms with Crippen molar-refractivity contribution in [3.05, 3.63) is 84.1 Å². The van der Waals surface area contributed by atoms with Gasteiger partial charge in [-0.15, -0.1) is 0 Å². The summed E-state index contributed by atoms with van der Waals surface area (Å²) in [7, 11) is 0. The van der Waals surface area contributed by atoms with Gasteiger partial charge in [0.2, 0.25) is 0 Å². The molecule has 6 heteroatoms. The first-order valence-electron chi connectivity index (χ1n) is 7.86. The van der Waals surface area contributed by atoms with E-state index in [2.05, 4.69) is 20.6 Å². The van der Waals surface area contributed by atoms with Gasteiger partial charge in [0.1, 0.15) is 11.6 Å². The molecule has 0 saturated carbocycles. The summed E-state index contributed by atoms with van der Waals surface area (Å²) in [5.74, 6) is -0.0135. The van der Waals surface area contributed by atoms with Gasteiger partial charge in [-0.2, -0.15) is 0 Å². The predicted molar refractivity (Wildman–Crippen MR) is 95.0 cm³/mol. The van der Waals surface area contributed by atoms with Gasteiger partial charge in [0.05, 0.1) is 17.4 Å². The summed E-state index contributed by atoms with van der Waals surface area (Å²) in [6.45, 7) is 0.703. The number of anilines is 2. The zero-order chi connectivity index (χ0) is 17.5. The van der Waals surface area contributed by atoms with Crippen LogP contribution in [0.3, 0.4) is 0 Å². The van der Waals surface area contributed by atoms with Crippen LogP contribution in [0.15, 0.2) is 67.1 Å². The third-order valence-electron chi connectivity index (χ3n) is 3.58. The molecule has 3 aromatic rings. The fourth-order valence-electron chi connectivity index (χ4n) is 2.26. The SMILES string of the molecule is O=C(Nc1ccc(NCCc2ccc(F)cc2)cn1)c1cccnc1. The molecule has 0 spiro atoms. The number of hydrogen-bond donors (Lipinski definition) is 2. The monoisotopic (exact) mass is 336 g/mol. The van der Waals surface area contributed by atoms with Gasteiger partial charge in [-0.05, 0) is 48.4 Å². The number of carbonyl (C=O) groups excluding carboxylic acids is 1. The summed E-state index contributed by atoms with van der Waals surface area (Å²) in [5, 5.41) is 5.96. The molecule has 1 aromatic carbocycles. The fraction of sp³-hybridized carbons (Fsp3) is 0.105. The van der Waals surface area contributed by atoms with E-state index in [1.54, 1.807) is 42.7 Å². The third-order valence-corrected chi connectivity index (χ3v) is 3.58. The standard InChI is InChI=1S/C19H17FN4O/c20-16-5-3-14(4-6-16)9-11-22-17-7-8-18(23-13-17)24-19(25)15-2-1-10-21-12-15/h1-8,10,12-13,22H,9,11H2,(H,23,24,25). The number of amides is 1. The topological polar surface area (TPSA) is 66.9 Å². The van der Waals surface area contributed by atoms with Crippen LogP contribution in [0.4, 0.5) is 15.9 Å². The summed E-state index contributed by atoms with van der Waals surface area (Å²) in [4.78, 5) is 20.1. The molecule has 126 valence electrons. The van der Waals surface area contributed by atoms with Crippen LogP contribution in [0, 0.1) is 5.82 Å². The van der Waals surface area contributed by atoms with Crippen LogP contribution in [0.2, 0.25) is 0 Å². The molecule has 25 heavy (non-hydrogen) atoms. The van der Waals surface area contributed by atoms with E-state index in [1.807, 2.05) is 6.07 Å². The molecule has 0 bridgehead atoms. The van der Waals surface area contributed by atoms with E-state index in [9.17, 15) is 9.18 Å². The number of pyridine rings is 2. The van der Waals surface area contributed by atoms with Crippen LogP contribution in [0.25, 0.3) is 0 Å². The molecule has 2 heterocycles. The maximum Gasteiger partial charge on any atom is 0.258 e. The Labute approximate surface area is 145 Å². The highest BCUT2D eigenvalue weighted by molar-refractivity contribution is 6.03. The van der Waals surface area contributed by atoms with Crippen molar-refractivity contribution in [2.75, 3.05) is 17.2 Å². The molecule has 5 nitrogen and oxygen atoms in total. The Morgan fingerprint density at radius 3 is 2.56 bits per heavy atom. The van der Waals surface area contributed by atoms with Crippen LogP contribution in [0.1, 0.15) is 15.9 Å². The van der Waals surface area contributed by atoms with Gasteiger partial charge in [0.25, 0.3) is 5.91 Å². The lowest BCUT2D eigenvalue weighted by Crippen LogP contribution is -2.13. The molecule has 0 fully saturated rings. The Hall–Kier alpha value is -3.28. The maximum atomic E-state index is 12.9. The lowest BCUT2D eigenvalue weighted by molar-refractivity contribution is 0.102. The zero-order valence-corrected chi connectivity index (χ0v) is 13.4. The Morgan fingerprint density at radius 2 is 1.88 bits per heavy atom. The average molecular weight is 336 g/mol. The number of nitrogens with one attached hydrogen (secondary N) is 2. The third kappa shape index (κ3) is 4.84. The smallest absolute Gasteiger partial charge is 0.258 e. The minimum absolute atomic E-state index is 0.232. The predicted octanol–water partition coefficient (Wildman–Crippen LogP) is 3.52. The highest BCUT2D eigenvalue weighted by Gasteiger charge is 2.06. The Kier molecular flexibility index (Phi) is 5.31. The van der Waals surface area contributed by atoms with Crippen molar-refractivity contribution in [2.45, 2.75) is 6.42 Å². The minimum atomic E-state index is -0.252. The fourth-order valence-corrected chi connectivity index (χ4v) is 2.26. The summed E-state index contributed by atoms with van der Waals surface area (Å²) < 4.78 is 12.9. The van der Waals surface area contributed by atoms with Crippen molar-refractivity contribution in [1.29, 1.82) is 0 Å². The number of halogens is 1. The van der Waals surface area contributed by atoms with E-state index in [1.165, 1.54) is 18.3 Å². The van der Waals surface area contributed by atoms with Gasteiger partial charge in [0.15, 0.2) is 0 Å². The van der Waals surface area contributed by atoms with Gasteiger partial charge in [0, 0.05) is 18.9 Å². The average Bonchev–Trinajstić information content (AvgIpc) is 2.65. The lowest BCUT2D eigenvalue weighted by Gasteiger charge is -2.08. The Bertz CT molecular complexity index is 820. The molecule has 0 aliphatic carbocycles. The molecule has 2 aromatic heterocycles. The number of hydrogen-bond acceptors (Lipinski definition) is 4. The van der Waals surface area contributed by atoms with Crippen molar-refractivity contribution >= 4 is 17.4 Å². The van der Waals surface area contributed by atoms with E-state index >= 15 is 0 Å². The van der Waals surface area contributed by atoms with Gasteiger partial charge >= 0.3 is 0 Å². The number of carbonyl (C=O) groups is 1. The molecule has 0 radical (unpaired) electrons. The van der Waals surface area contributed by atoms with Crippen molar-refractivity contribution in [1.82, 2.24) is 9.97 Å². The molecule has 1 amide bonds. The first kappa shape index (κ1) is 16.6. The quantitative estimate of drug-likeness (QED) is 0.723. The first-order chi connectivity index (χ1) is 12.2. The first-order valence-corrected chi connectivity index (χ1v) is 7.86. The summed E-state index contributed by atoms with van der Waals surface area (Å²) >= 11 is 0. The van der Waals surface area contributed by atoms with Crippen molar-refractivity contribution in [3.8, 4) is 0 Å². The number of rotatable bonds is 6. The van der Waals surface area contributed by atoms with Crippen LogP contribution in [-0.2, 0) is 6.42 Å². The van der Waals surface area contributed by atoms with Crippen LogP contribution in [-0.4, -0.2) is 22.4 Å². The number of aromatic nitrogens is 2. The van der Waals surface area contributed by atoms with E-state index in [0.29, 0.717) is 17.9 Å². The Balaban J connectivity index is 1.50. The van der Waals surface area contributed by atoms with Gasteiger partial charge < -0.3 is 10.6 Å². The van der Waals surface area contributed by atoms with Crippen LogP contribution >= 0.6 is 0 Å². The highest BCUT2D eigenvalue weighted by Crippen LogP contribution is 2.11. The molecule has 2 N–H and O–H groups in total. The van der Waals surface area contributed by atoms with Crippen molar-refractivity contribution in [2.24, 2.45) is 0 Å². The second-order valence-corrected chi connectivity index (χ2v) is 5.43. The van der Waals surface area contributed by atoms with E-state index in [-0.39, 0.29) is 11.7 Å². The number of benzene rings is 1. The summed E-state index contributed by atoms with van der Waals surface area (Å²) in [6, 6.07) is 13.4.